The molecule has 1 heterocycles. The Morgan fingerprint density at radius 2 is 2.05 bits per heavy atom. The lowest BCUT2D eigenvalue weighted by atomic mass is 10.4. The number of guanidine groups is 1. The monoisotopic (exact) mass is 326 g/mol. The molecular formula is C16H30N4OS. The molecule has 0 radical (unpaired) electrons. The molecule has 0 aliphatic rings. The molecule has 0 atom stereocenters. The van der Waals surface area contributed by atoms with Gasteiger partial charge in [-0.2, -0.15) is 0 Å². The Morgan fingerprint density at radius 1 is 1.23 bits per heavy atom. The molecule has 5 nitrogen and oxygen atoms in total. The largest absolute Gasteiger partial charge is 0.381 e. The van der Waals surface area contributed by atoms with Gasteiger partial charge in [0.2, 0.25) is 0 Å². The van der Waals surface area contributed by atoms with Gasteiger partial charge in [-0.25, -0.2) is 9.98 Å². The van der Waals surface area contributed by atoms with E-state index in [1.165, 1.54) is 11.3 Å². The number of unbranched alkanes of at least 4 members (excludes halogenated alkanes) is 1. The first-order chi connectivity index (χ1) is 10.8. The highest BCUT2D eigenvalue weighted by atomic mass is 32.1. The van der Waals surface area contributed by atoms with Crippen molar-refractivity contribution >= 4 is 17.3 Å². The summed E-state index contributed by atoms with van der Waals surface area (Å²) in [4.78, 5) is 10.3. The maximum atomic E-state index is 5.55. The van der Waals surface area contributed by atoms with Crippen LogP contribution in [0.3, 0.4) is 0 Å². The fraction of sp³-hybridized carbons (Fsp3) is 0.750. The summed E-state index contributed by atoms with van der Waals surface area (Å²) in [7, 11) is 0. The summed E-state index contributed by atoms with van der Waals surface area (Å²) in [5, 5.41) is 7.66. The predicted octanol–water partition coefficient (Wildman–Crippen LogP) is 2.97. The maximum Gasteiger partial charge on any atom is 0.191 e. The number of aromatic nitrogens is 1. The Labute approximate surface area is 138 Å². The van der Waals surface area contributed by atoms with Gasteiger partial charge in [0.15, 0.2) is 5.96 Å². The van der Waals surface area contributed by atoms with E-state index in [0.717, 1.165) is 56.5 Å². The maximum absolute atomic E-state index is 5.55. The minimum atomic E-state index is 0.632. The number of aliphatic imine (C=N–C) groups is 1. The number of nitrogens with one attached hydrogen (secondary N) is 2. The Hall–Kier alpha value is -1.14. The highest BCUT2D eigenvalue weighted by Crippen LogP contribution is 2.13. The van der Waals surface area contributed by atoms with Crippen molar-refractivity contribution in [1.82, 2.24) is 15.6 Å². The molecule has 0 unspecified atom stereocenters. The molecule has 6 heteroatoms. The van der Waals surface area contributed by atoms with Gasteiger partial charge in [-0.3, -0.25) is 0 Å². The molecular weight excluding hydrogens is 296 g/mol. The second-order valence-corrected chi connectivity index (χ2v) is 6.22. The van der Waals surface area contributed by atoms with E-state index in [-0.39, 0.29) is 0 Å². The lowest BCUT2D eigenvalue weighted by Gasteiger charge is -2.11. The Morgan fingerprint density at radius 3 is 2.73 bits per heavy atom. The summed E-state index contributed by atoms with van der Waals surface area (Å²) < 4.78 is 5.55. The summed E-state index contributed by atoms with van der Waals surface area (Å²) in [5.41, 5.74) is 0. The van der Waals surface area contributed by atoms with Gasteiger partial charge in [0, 0.05) is 37.4 Å². The van der Waals surface area contributed by atoms with Crippen LogP contribution in [-0.2, 0) is 17.7 Å². The van der Waals surface area contributed by atoms with Crippen LogP contribution < -0.4 is 10.6 Å². The third-order valence-corrected chi connectivity index (χ3v) is 4.19. The number of nitrogens with zero attached hydrogens (tertiary/aromatic N) is 2. The number of hydrogen-bond acceptors (Lipinski definition) is 4. The van der Waals surface area contributed by atoms with E-state index in [4.69, 9.17) is 4.74 Å². The molecule has 0 saturated heterocycles. The standard InChI is InChI=1S/C16H30N4OS/c1-4-7-10-21-11-8-9-18-16(17-6-3)20-13-15-19-12-14(5-2)22-15/h12H,4-11,13H2,1-3H3,(H2,17,18,20). The smallest absolute Gasteiger partial charge is 0.191 e. The molecule has 0 aliphatic carbocycles. The summed E-state index contributed by atoms with van der Waals surface area (Å²) in [6.07, 6.45) is 6.31. The van der Waals surface area contributed by atoms with Gasteiger partial charge < -0.3 is 15.4 Å². The molecule has 2 N–H and O–H groups in total. The molecule has 0 spiro atoms. The van der Waals surface area contributed by atoms with Gasteiger partial charge in [-0.15, -0.1) is 11.3 Å². The fourth-order valence-corrected chi connectivity index (χ4v) is 2.59. The molecule has 1 rings (SSSR count). The molecule has 126 valence electrons. The number of rotatable bonds is 11. The van der Waals surface area contributed by atoms with E-state index in [0.29, 0.717) is 6.54 Å². The van der Waals surface area contributed by atoms with Crippen molar-refractivity contribution < 1.29 is 4.74 Å². The molecule has 0 aliphatic heterocycles. The average Bonchev–Trinajstić information content (AvgIpc) is 2.99. The van der Waals surface area contributed by atoms with Crippen LogP contribution in [0, 0.1) is 0 Å². The normalized spacial score (nSPS) is 11.7. The summed E-state index contributed by atoms with van der Waals surface area (Å²) in [6.45, 7) is 10.4. The SMILES string of the molecule is CCCCOCCCNC(=NCc1ncc(CC)s1)NCC. The number of ether oxygens (including phenoxy) is 1. The van der Waals surface area contributed by atoms with Gasteiger partial charge in [0.05, 0.1) is 6.54 Å². The van der Waals surface area contributed by atoms with Crippen LogP contribution in [0.15, 0.2) is 11.2 Å². The van der Waals surface area contributed by atoms with Crippen LogP contribution in [-0.4, -0.2) is 37.2 Å². The zero-order valence-electron chi connectivity index (χ0n) is 14.2. The highest BCUT2D eigenvalue weighted by molar-refractivity contribution is 7.11. The van der Waals surface area contributed by atoms with Gasteiger partial charge in [-0.1, -0.05) is 20.3 Å². The van der Waals surface area contributed by atoms with Crippen LogP contribution >= 0.6 is 11.3 Å². The Bertz CT molecular complexity index is 420. The van der Waals surface area contributed by atoms with Crippen molar-refractivity contribution in [2.24, 2.45) is 4.99 Å². The van der Waals surface area contributed by atoms with Gasteiger partial charge in [-0.05, 0) is 26.2 Å². The molecule has 22 heavy (non-hydrogen) atoms. The van der Waals surface area contributed by atoms with Gasteiger partial charge in [0.1, 0.15) is 5.01 Å². The molecule has 0 fully saturated rings. The molecule has 0 bridgehead atoms. The van der Waals surface area contributed by atoms with Crippen LogP contribution in [0.1, 0.15) is 49.9 Å². The van der Waals surface area contributed by atoms with Crippen molar-refractivity contribution in [3.63, 3.8) is 0 Å². The lowest BCUT2D eigenvalue weighted by molar-refractivity contribution is 0.129. The third kappa shape index (κ3) is 8.34. The second kappa shape index (κ2) is 12.4. The molecule has 0 saturated carbocycles. The van der Waals surface area contributed by atoms with Gasteiger partial charge in [0.25, 0.3) is 0 Å². The summed E-state index contributed by atoms with van der Waals surface area (Å²) in [6, 6.07) is 0. The predicted molar refractivity (Wildman–Crippen MR) is 94.7 cm³/mol. The molecule has 0 amide bonds. The van der Waals surface area contributed by atoms with E-state index < -0.39 is 0 Å². The summed E-state index contributed by atoms with van der Waals surface area (Å²) in [5.74, 6) is 0.851. The van der Waals surface area contributed by atoms with Crippen LogP contribution in [0.4, 0.5) is 0 Å². The molecule has 1 aromatic rings. The van der Waals surface area contributed by atoms with E-state index >= 15 is 0 Å². The first-order valence-corrected chi connectivity index (χ1v) is 9.15. The third-order valence-electron chi connectivity index (χ3n) is 3.07. The highest BCUT2D eigenvalue weighted by Gasteiger charge is 2.01. The lowest BCUT2D eigenvalue weighted by Crippen LogP contribution is -2.38. The molecule has 0 aromatic carbocycles. The zero-order valence-corrected chi connectivity index (χ0v) is 15.0. The minimum absolute atomic E-state index is 0.632. The first kappa shape index (κ1) is 18.9. The van der Waals surface area contributed by atoms with E-state index in [1.807, 2.05) is 6.20 Å². The van der Waals surface area contributed by atoms with Crippen LogP contribution in [0.25, 0.3) is 0 Å². The van der Waals surface area contributed by atoms with E-state index in [9.17, 15) is 0 Å². The zero-order chi connectivity index (χ0) is 16.0. The minimum Gasteiger partial charge on any atom is -0.381 e. The van der Waals surface area contributed by atoms with Crippen molar-refractivity contribution in [1.29, 1.82) is 0 Å². The first-order valence-electron chi connectivity index (χ1n) is 8.33. The van der Waals surface area contributed by atoms with Crippen molar-refractivity contribution in [3.8, 4) is 0 Å². The Kier molecular flexibility index (Phi) is 10.7. The number of hydrogen-bond donors (Lipinski definition) is 2. The van der Waals surface area contributed by atoms with Crippen molar-refractivity contribution in [2.45, 2.75) is 53.0 Å². The fourth-order valence-electron chi connectivity index (χ4n) is 1.80. The number of aryl methyl sites for hydroxylation is 1. The Balaban J connectivity index is 2.26. The topological polar surface area (TPSA) is 58.5 Å². The second-order valence-electron chi connectivity index (χ2n) is 5.02. The van der Waals surface area contributed by atoms with E-state index in [1.54, 1.807) is 11.3 Å². The van der Waals surface area contributed by atoms with E-state index in [2.05, 4.69) is 41.4 Å². The van der Waals surface area contributed by atoms with Gasteiger partial charge >= 0.3 is 0 Å². The van der Waals surface area contributed by atoms with Crippen molar-refractivity contribution in [3.05, 3.63) is 16.1 Å². The average molecular weight is 327 g/mol. The number of thiazole rings is 1. The molecule has 1 aromatic heterocycles. The van der Waals surface area contributed by atoms with Crippen LogP contribution in [0.5, 0.6) is 0 Å². The van der Waals surface area contributed by atoms with Crippen molar-refractivity contribution in [2.75, 3.05) is 26.3 Å². The van der Waals surface area contributed by atoms with Crippen LogP contribution in [0.2, 0.25) is 0 Å². The summed E-state index contributed by atoms with van der Waals surface area (Å²) >= 11 is 1.74. The quantitative estimate of drug-likeness (QED) is 0.373.